The Morgan fingerprint density at radius 2 is 1.07 bits per heavy atom. The number of imidazole rings is 1. The van der Waals surface area contributed by atoms with Crippen LogP contribution >= 0.6 is 11.3 Å². The maximum absolute atomic E-state index is 6.24. The van der Waals surface area contributed by atoms with E-state index >= 15 is 0 Å². The number of hydrogen-bond acceptors (Lipinski definition) is 4. The molecule has 12 aromatic rings. The molecule has 0 radical (unpaired) electrons. The molecule has 4 heterocycles. The molecule has 8 aromatic carbocycles. The van der Waals surface area contributed by atoms with Gasteiger partial charge in [-0.05, 0) is 95.1 Å². The van der Waals surface area contributed by atoms with Crippen LogP contribution in [0.5, 0.6) is 0 Å². The molecule has 0 unspecified atom stereocenters. The first-order valence-electron chi connectivity index (χ1n) is 19.1. The Morgan fingerprint density at radius 3 is 1.93 bits per heavy atom. The Balaban J connectivity index is 1.08. The van der Waals surface area contributed by atoms with Crippen LogP contribution < -0.4 is 0 Å². The zero-order valence-electron chi connectivity index (χ0n) is 30.6. The van der Waals surface area contributed by atoms with E-state index in [4.69, 9.17) is 14.4 Å². The number of benzene rings is 8. The average Bonchev–Trinajstić information content (AvgIpc) is 3.98. The van der Waals surface area contributed by atoms with Crippen molar-refractivity contribution in [3.05, 3.63) is 188 Å². The van der Waals surface area contributed by atoms with E-state index in [-0.39, 0.29) is 0 Å². The number of furan rings is 1. The third-order valence-electron chi connectivity index (χ3n) is 11.2. The molecule has 12 rings (SSSR count). The molecule has 0 saturated heterocycles. The molecular weight excluding hydrogens is 715 g/mol. The molecule has 0 saturated carbocycles. The molecule has 0 aliphatic heterocycles. The van der Waals surface area contributed by atoms with Crippen LogP contribution in [0.4, 0.5) is 0 Å². The molecule has 5 heteroatoms. The molecule has 0 amide bonds. The van der Waals surface area contributed by atoms with E-state index in [1.807, 2.05) is 35.6 Å². The fourth-order valence-corrected chi connectivity index (χ4v) is 9.73. The lowest BCUT2D eigenvalue weighted by atomic mass is 9.92. The smallest absolute Gasteiger partial charge is 0.145 e. The monoisotopic (exact) mass is 745 g/mol. The number of thiophene rings is 1. The summed E-state index contributed by atoms with van der Waals surface area (Å²) in [4.78, 5) is 10.5. The molecular formula is C52H31N3OS. The first-order chi connectivity index (χ1) is 28.2. The van der Waals surface area contributed by atoms with E-state index in [0.717, 1.165) is 89.1 Å². The summed E-state index contributed by atoms with van der Waals surface area (Å²) in [5.74, 6) is 0.922. The number of pyridine rings is 1. The van der Waals surface area contributed by atoms with Gasteiger partial charge in [-0.3, -0.25) is 4.57 Å². The predicted molar refractivity (Wildman–Crippen MR) is 238 cm³/mol. The van der Waals surface area contributed by atoms with Crippen molar-refractivity contribution in [3.8, 4) is 50.6 Å². The zero-order chi connectivity index (χ0) is 37.5. The van der Waals surface area contributed by atoms with Crippen molar-refractivity contribution in [1.29, 1.82) is 0 Å². The van der Waals surface area contributed by atoms with E-state index in [0.29, 0.717) is 0 Å². The predicted octanol–water partition coefficient (Wildman–Crippen LogP) is 14.5. The fraction of sp³-hybridized carbons (Fsp3) is 0. The standard InChI is InChI=1S/C52H31N3OS/c1-2-12-33(13-3-1)52-54-44-18-8-9-19-45(44)55(52)38-25-22-32(23-26-38)35-28-36(34-24-27-47-42(31-34)39-14-5-10-20-46(39)56-47)30-37(29-35)50-49-41-16-6-11-21-48(41)57-51(49)40-15-4-7-17-43(40)53-50/h1-31H. The lowest BCUT2D eigenvalue weighted by Gasteiger charge is -2.14. The van der Waals surface area contributed by atoms with E-state index in [1.165, 1.54) is 25.6 Å². The Kier molecular flexibility index (Phi) is 7.06. The summed E-state index contributed by atoms with van der Waals surface area (Å²) < 4.78 is 11.0. The summed E-state index contributed by atoms with van der Waals surface area (Å²) in [6.07, 6.45) is 0. The van der Waals surface area contributed by atoms with Crippen molar-refractivity contribution < 1.29 is 4.42 Å². The van der Waals surface area contributed by atoms with Gasteiger partial charge in [-0.2, -0.15) is 0 Å². The highest BCUT2D eigenvalue weighted by Gasteiger charge is 2.19. The lowest BCUT2D eigenvalue weighted by molar-refractivity contribution is 0.669. The molecule has 57 heavy (non-hydrogen) atoms. The SMILES string of the molecule is c1ccc(-c2nc3ccccc3n2-c2ccc(-c3cc(-c4ccc5oc6ccccc6c5c4)cc(-c4nc5ccccc5c5sc6ccccc6c45)c3)cc2)cc1. The van der Waals surface area contributed by atoms with Gasteiger partial charge in [0, 0.05) is 53.1 Å². The minimum atomic E-state index is 0.886. The van der Waals surface area contributed by atoms with Crippen molar-refractivity contribution in [2.24, 2.45) is 0 Å². The number of nitrogens with zero attached hydrogens (tertiary/aromatic N) is 3. The highest BCUT2D eigenvalue weighted by Crippen LogP contribution is 2.44. The molecule has 266 valence electrons. The molecule has 0 aliphatic carbocycles. The molecule has 0 bridgehead atoms. The van der Waals surface area contributed by atoms with Gasteiger partial charge in [-0.1, -0.05) is 115 Å². The third kappa shape index (κ3) is 5.13. The van der Waals surface area contributed by atoms with E-state index in [9.17, 15) is 0 Å². The highest BCUT2D eigenvalue weighted by molar-refractivity contribution is 7.26. The first kappa shape index (κ1) is 32.0. The molecule has 0 fully saturated rings. The van der Waals surface area contributed by atoms with E-state index in [2.05, 4.69) is 168 Å². The molecule has 4 aromatic heterocycles. The molecule has 0 atom stereocenters. The van der Waals surface area contributed by atoms with Crippen LogP contribution in [0, 0.1) is 0 Å². The van der Waals surface area contributed by atoms with Crippen molar-refractivity contribution in [1.82, 2.24) is 14.5 Å². The van der Waals surface area contributed by atoms with Crippen LogP contribution in [0.3, 0.4) is 0 Å². The van der Waals surface area contributed by atoms with Crippen LogP contribution in [0.15, 0.2) is 192 Å². The summed E-state index contributed by atoms with van der Waals surface area (Å²) in [7, 11) is 0. The number of hydrogen-bond donors (Lipinski definition) is 0. The Bertz CT molecular complexity index is 3520. The summed E-state index contributed by atoms with van der Waals surface area (Å²) in [5, 5.41) is 5.84. The number of aromatic nitrogens is 3. The van der Waals surface area contributed by atoms with E-state index in [1.54, 1.807) is 0 Å². The van der Waals surface area contributed by atoms with Crippen LogP contribution in [0.2, 0.25) is 0 Å². The van der Waals surface area contributed by atoms with Crippen molar-refractivity contribution in [3.63, 3.8) is 0 Å². The van der Waals surface area contributed by atoms with Crippen molar-refractivity contribution >= 4 is 75.4 Å². The number of rotatable bonds is 5. The topological polar surface area (TPSA) is 43.9 Å². The molecule has 0 N–H and O–H groups in total. The minimum Gasteiger partial charge on any atom is -0.456 e. The summed E-state index contributed by atoms with van der Waals surface area (Å²) >= 11 is 1.85. The van der Waals surface area contributed by atoms with Crippen molar-refractivity contribution in [2.45, 2.75) is 0 Å². The Labute approximate surface area is 331 Å². The van der Waals surface area contributed by atoms with Gasteiger partial charge in [0.15, 0.2) is 0 Å². The Morgan fingerprint density at radius 1 is 0.421 bits per heavy atom. The van der Waals surface area contributed by atoms with E-state index < -0.39 is 0 Å². The van der Waals surface area contributed by atoms with Gasteiger partial charge in [-0.15, -0.1) is 11.3 Å². The van der Waals surface area contributed by atoms with Crippen LogP contribution in [-0.2, 0) is 0 Å². The second-order valence-electron chi connectivity index (χ2n) is 14.6. The molecule has 0 aliphatic rings. The largest absolute Gasteiger partial charge is 0.456 e. The number of para-hydroxylation sites is 4. The van der Waals surface area contributed by atoms with Gasteiger partial charge < -0.3 is 4.42 Å². The van der Waals surface area contributed by atoms with Gasteiger partial charge in [0.2, 0.25) is 0 Å². The highest BCUT2D eigenvalue weighted by atomic mass is 32.1. The fourth-order valence-electron chi connectivity index (χ4n) is 8.49. The van der Waals surface area contributed by atoms with Crippen LogP contribution in [0.25, 0.3) is 115 Å². The van der Waals surface area contributed by atoms with Gasteiger partial charge in [0.1, 0.15) is 17.0 Å². The maximum atomic E-state index is 6.24. The summed E-state index contributed by atoms with van der Waals surface area (Å²) in [6.45, 7) is 0. The molecule has 4 nitrogen and oxygen atoms in total. The van der Waals surface area contributed by atoms with Gasteiger partial charge in [0.25, 0.3) is 0 Å². The normalized spacial score (nSPS) is 11.9. The quantitative estimate of drug-likeness (QED) is 0.176. The molecule has 0 spiro atoms. The average molecular weight is 746 g/mol. The summed E-state index contributed by atoms with van der Waals surface area (Å²) in [6, 6.07) is 66.7. The second-order valence-corrected chi connectivity index (χ2v) is 15.6. The maximum Gasteiger partial charge on any atom is 0.145 e. The van der Waals surface area contributed by atoms with Crippen LogP contribution in [-0.4, -0.2) is 14.5 Å². The third-order valence-corrected chi connectivity index (χ3v) is 12.4. The second kappa shape index (κ2) is 12.6. The van der Waals surface area contributed by atoms with Gasteiger partial charge in [0.05, 0.1) is 22.2 Å². The minimum absolute atomic E-state index is 0.886. The zero-order valence-corrected chi connectivity index (χ0v) is 31.4. The lowest BCUT2D eigenvalue weighted by Crippen LogP contribution is -1.97. The van der Waals surface area contributed by atoms with Gasteiger partial charge >= 0.3 is 0 Å². The van der Waals surface area contributed by atoms with Crippen LogP contribution in [0.1, 0.15) is 0 Å². The number of fused-ring (bicyclic) bond motifs is 9. The van der Waals surface area contributed by atoms with Gasteiger partial charge in [-0.25, -0.2) is 9.97 Å². The summed E-state index contributed by atoms with van der Waals surface area (Å²) in [5.41, 5.74) is 13.5. The Hall–Kier alpha value is -7.34. The van der Waals surface area contributed by atoms with Crippen molar-refractivity contribution in [2.75, 3.05) is 0 Å². The first-order valence-corrected chi connectivity index (χ1v) is 20.0.